The van der Waals surface area contributed by atoms with Crippen LogP contribution in [0.25, 0.3) is 0 Å². The van der Waals surface area contributed by atoms with Crippen molar-refractivity contribution in [3.8, 4) is 11.5 Å². The quantitative estimate of drug-likeness (QED) is 0.318. The maximum atomic E-state index is 13.2. The Bertz CT molecular complexity index is 1280. The summed E-state index contributed by atoms with van der Waals surface area (Å²) in [6.07, 6.45) is 3.79. The molecule has 10 nitrogen and oxygen atoms in total. The molecule has 5 rings (SSSR count). The van der Waals surface area contributed by atoms with Crippen LogP contribution in [0.5, 0.6) is 11.5 Å². The molecule has 1 spiro atoms. The van der Waals surface area contributed by atoms with E-state index in [0.29, 0.717) is 30.1 Å². The molecule has 1 heterocycles. The monoisotopic (exact) mass is 585 g/mol. The summed E-state index contributed by atoms with van der Waals surface area (Å²) in [5.41, 5.74) is -0.395. The van der Waals surface area contributed by atoms with E-state index in [9.17, 15) is 19.5 Å². The van der Waals surface area contributed by atoms with E-state index in [1.54, 1.807) is 34.0 Å². The first-order chi connectivity index (χ1) is 19.8. The Labute approximate surface area is 247 Å². The molecule has 0 saturated heterocycles. The Morgan fingerprint density at radius 1 is 1.21 bits per heavy atom. The summed E-state index contributed by atoms with van der Waals surface area (Å²) < 4.78 is 28.7. The van der Waals surface area contributed by atoms with Crippen LogP contribution in [0, 0.1) is 11.8 Å². The summed E-state index contributed by atoms with van der Waals surface area (Å²) in [7, 11) is 1.59. The van der Waals surface area contributed by atoms with Crippen molar-refractivity contribution >= 4 is 18.0 Å². The second-order valence-corrected chi connectivity index (χ2v) is 13.4. The lowest BCUT2D eigenvalue weighted by Crippen LogP contribution is -2.67. The number of rotatable bonds is 9. The molecule has 1 saturated carbocycles. The zero-order chi connectivity index (χ0) is 30.4. The van der Waals surface area contributed by atoms with Gasteiger partial charge in [0.05, 0.1) is 24.7 Å². The summed E-state index contributed by atoms with van der Waals surface area (Å²) >= 11 is 0. The van der Waals surface area contributed by atoms with Gasteiger partial charge in [0.15, 0.2) is 17.6 Å². The first-order valence-corrected chi connectivity index (χ1v) is 15.0. The van der Waals surface area contributed by atoms with E-state index in [0.717, 1.165) is 30.4 Å². The third kappa shape index (κ3) is 5.23. The fourth-order valence-electron chi connectivity index (χ4n) is 7.17. The molecule has 1 amide bonds. The largest absolute Gasteiger partial charge is 0.493 e. The summed E-state index contributed by atoms with van der Waals surface area (Å²) in [4.78, 5) is 38.5. The number of ether oxygens (including phenoxy) is 5. The summed E-state index contributed by atoms with van der Waals surface area (Å²) in [5, 5.41) is 14.7. The number of methoxy groups -OCH3 is 1. The lowest BCUT2D eigenvalue weighted by atomic mass is 9.47. The minimum atomic E-state index is -1.09. The highest BCUT2D eigenvalue weighted by Gasteiger charge is 2.70. The summed E-state index contributed by atoms with van der Waals surface area (Å²) in [6, 6.07) is 2.86. The summed E-state index contributed by atoms with van der Waals surface area (Å²) in [5.74, 6) is 0.511. The van der Waals surface area contributed by atoms with Crippen molar-refractivity contribution in [2.45, 2.75) is 108 Å². The Hall–Kier alpha value is -3.27. The molecule has 3 aliphatic carbocycles. The van der Waals surface area contributed by atoms with Crippen LogP contribution in [0.15, 0.2) is 24.0 Å². The molecular formula is C32H43NO9. The van der Waals surface area contributed by atoms with Crippen molar-refractivity contribution < 1.29 is 43.2 Å². The predicted molar refractivity (Wildman–Crippen MR) is 152 cm³/mol. The zero-order valence-electron chi connectivity index (χ0n) is 25.4. The topological polar surface area (TPSA) is 130 Å². The van der Waals surface area contributed by atoms with E-state index in [1.807, 2.05) is 19.9 Å². The number of benzene rings is 1. The standard InChI is InChI=1S/C32H43NO9/c1-18(2)17-39-28(35)21(33-29(36)42-30(3,4)5)10-12-24(34)40-23-13-15-32(37)20-8-7-14-31(32)25-19(16-20)9-11-22(38-6)26(25)41-27(23)31/h9,11,13,18,20-21,27,37H,7-8,10,12,14-17H2,1-6H3,(H,33,36)/t20-,21+,27+,31+,32-/m1/s1. The van der Waals surface area contributed by atoms with Crippen molar-refractivity contribution in [2.75, 3.05) is 13.7 Å². The molecule has 0 radical (unpaired) electrons. The number of nitrogens with one attached hydrogen (secondary N) is 1. The Morgan fingerprint density at radius 2 is 1.98 bits per heavy atom. The fourth-order valence-corrected chi connectivity index (χ4v) is 7.17. The predicted octanol–water partition coefficient (Wildman–Crippen LogP) is 4.48. The molecule has 5 atom stereocenters. The molecule has 0 aromatic heterocycles. The highest BCUT2D eigenvalue weighted by atomic mass is 16.6. The second-order valence-electron chi connectivity index (χ2n) is 13.4. The van der Waals surface area contributed by atoms with Gasteiger partial charge in [-0.3, -0.25) is 4.79 Å². The van der Waals surface area contributed by atoms with Crippen LogP contribution in [-0.4, -0.2) is 60.2 Å². The minimum Gasteiger partial charge on any atom is -0.493 e. The minimum absolute atomic E-state index is 0.0385. The number of amides is 1. The van der Waals surface area contributed by atoms with Crippen LogP contribution >= 0.6 is 0 Å². The van der Waals surface area contributed by atoms with E-state index in [1.165, 1.54) is 0 Å². The molecule has 230 valence electrons. The SMILES string of the molecule is COc1ccc2c3c1O[C@H]1C(OC(=O)CC[C@H](NC(=O)OC(C)(C)C)C(=O)OCC(C)C)=CC[C@@]4(O)[C@H](CCC[C@]314)C2. The van der Waals surface area contributed by atoms with Crippen LogP contribution in [0.2, 0.25) is 0 Å². The van der Waals surface area contributed by atoms with Crippen molar-refractivity contribution in [3.63, 3.8) is 0 Å². The van der Waals surface area contributed by atoms with Crippen LogP contribution in [0.1, 0.15) is 84.3 Å². The number of hydrogen-bond donors (Lipinski definition) is 2. The molecule has 42 heavy (non-hydrogen) atoms. The van der Waals surface area contributed by atoms with Gasteiger partial charge in [0.2, 0.25) is 0 Å². The number of carbonyl (C=O) groups excluding carboxylic acids is 3. The number of alkyl carbamates (subject to hydrolysis) is 1. The zero-order valence-corrected chi connectivity index (χ0v) is 25.4. The molecular weight excluding hydrogens is 542 g/mol. The smallest absolute Gasteiger partial charge is 0.408 e. The van der Waals surface area contributed by atoms with Gasteiger partial charge in [0.1, 0.15) is 17.4 Å². The van der Waals surface area contributed by atoms with Gasteiger partial charge in [-0.05, 0) is 82.4 Å². The maximum Gasteiger partial charge on any atom is 0.408 e. The third-order valence-corrected chi connectivity index (χ3v) is 8.87. The third-order valence-electron chi connectivity index (χ3n) is 8.87. The van der Waals surface area contributed by atoms with Crippen LogP contribution in [-0.2, 0) is 35.6 Å². The molecule has 1 aliphatic heterocycles. The molecule has 1 fully saturated rings. The first kappa shape index (κ1) is 30.2. The molecule has 4 aliphatic rings. The van der Waals surface area contributed by atoms with Gasteiger partial charge in [0.25, 0.3) is 0 Å². The van der Waals surface area contributed by atoms with Crippen molar-refractivity contribution in [1.82, 2.24) is 5.32 Å². The molecule has 10 heteroatoms. The number of aliphatic hydroxyl groups is 1. The fraction of sp³-hybridized carbons (Fsp3) is 0.656. The van der Waals surface area contributed by atoms with E-state index in [-0.39, 0.29) is 31.3 Å². The highest BCUT2D eigenvalue weighted by molar-refractivity contribution is 5.82. The number of esters is 2. The van der Waals surface area contributed by atoms with Gasteiger partial charge in [-0.25, -0.2) is 9.59 Å². The van der Waals surface area contributed by atoms with Gasteiger partial charge in [-0.1, -0.05) is 26.3 Å². The lowest BCUT2D eigenvalue weighted by Gasteiger charge is -2.59. The Balaban J connectivity index is 1.33. The molecule has 1 aromatic carbocycles. The van der Waals surface area contributed by atoms with E-state index < -0.39 is 46.8 Å². The average Bonchev–Trinajstić information content (AvgIpc) is 3.25. The molecule has 0 unspecified atom stereocenters. The summed E-state index contributed by atoms with van der Waals surface area (Å²) in [6.45, 7) is 9.15. The van der Waals surface area contributed by atoms with Gasteiger partial charge in [-0.15, -0.1) is 0 Å². The molecule has 2 bridgehead atoms. The van der Waals surface area contributed by atoms with Crippen LogP contribution < -0.4 is 14.8 Å². The van der Waals surface area contributed by atoms with Crippen LogP contribution in [0.3, 0.4) is 0 Å². The highest BCUT2D eigenvalue weighted by Crippen LogP contribution is 2.67. The van der Waals surface area contributed by atoms with E-state index in [2.05, 4.69) is 11.4 Å². The number of carbonyl (C=O) groups is 3. The van der Waals surface area contributed by atoms with Crippen molar-refractivity contribution in [1.29, 1.82) is 0 Å². The first-order valence-electron chi connectivity index (χ1n) is 15.0. The van der Waals surface area contributed by atoms with Gasteiger partial charge in [0, 0.05) is 12.0 Å². The van der Waals surface area contributed by atoms with Crippen molar-refractivity contribution in [2.24, 2.45) is 11.8 Å². The molecule has 1 aromatic rings. The van der Waals surface area contributed by atoms with Gasteiger partial charge in [-0.2, -0.15) is 0 Å². The van der Waals surface area contributed by atoms with E-state index >= 15 is 0 Å². The normalized spacial score (nSPS) is 27.7. The van der Waals surface area contributed by atoms with E-state index in [4.69, 9.17) is 23.7 Å². The van der Waals surface area contributed by atoms with Crippen molar-refractivity contribution in [3.05, 3.63) is 35.1 Å². The lowest BCUT2D eigenvalue weighted by molar-refractivity contribution is -0.160. The Morgan fingerprint density at radius 3 is 2.67 bits per heavy atom. The molecule has 2 N–H and O–H groups in total. The van der Waals surface area contributed by atoms with Gasteiger partial charge < -0.3 is 34.1 Å². The number of hydrogen-bond acceptors (Lipinski definition) is 9. The van der Waals surface area contributed by atoms with Crippen LogP contribution in [0.4, 0.5) is 4.79 Å². The second kappa shape index (κ2) is 11.1. The average molecular weight is 586 g/mol. The van der Waals surface area contributed by atoms with Gasteiger partial charge >= 0.3 is 18.0 Å². The maximum absolute atomic E-state index is 13.2. The Kier molecular flexibility index (Phi) is 7.98.